The van der Waals surface area contributed by atoms with Crippen LogP contribution in [0.3, 0.4) is 0 Å². The number of nitrogens with zero attached hydrogens (tertiary/aromatic N) is 2. The number of rotatable bonds is 6. The molecule has 1 aromatic heterocycles. The third kappa shape index (κ3) is 4.15. The summed E-state index contributed by atoms with van der Waals surface area (Å²) in [5.74, 6) is 1.19. The first-order chi connectivity index (χ1) is 13.5. The van der Waals surface area contributed by atoms with Crippen molar-refractivity contribution in [3.8, 4) is 34.6 Å². The predicted octanol–water partition coefficient (Wildman–Crippen LogP) is 5.35. The molecule has 0 atom stereocenters. The molecule has 3 aromatic rings. The molecule has 0 aliphatic rings. The molecule has 0 saturated carbocycles. The number of halogens is 2. The minimum absolute atomic E-state index is 0.188. The van der Waals surface area contributed by atoms with E-state index in [2.05, 4.69) is 41.8 Å². The second-order valence-electron chi connectivity index (χ2n) is 5.48. The van der Waals surface area contributed by atoms with Gasteiger partial charge in [0.1, 0.15) is 0 Å². The second-order valence-corrected chi connectivity index (χ2v) is 7.25. The molecular formula is C19H16Br2N2O5. The first-order valence-corrected chi connectivity index (χ1v) is 9.54. The Morgan fingerprint density at radius 3 is 2.29 bits per heavy atom. The zero-order chi connectivity index (χ0) is 20.3. The lowest BCUT2D eigenvalue weighted by Crippen LogP contribution is -1.95. The van der Waals surface area contributed by atoms with Crippen molar-refractivity contribution < 1.29 is 23.7 Å². The number of ether oxygens (including phenoxy) is 3. The van der Waals surface area contributed by atoms with E-state index >= 15 is 0 Å². The van der Waals surface area contributed by atoms with Gasteiger partial charge in [-0.1, -0.05) is 15.9 Å². The largest absolute Gasteiger partial charge is 0.493 e. The van der Waals surface area contributed by atoms with Crippen LogP contribution in [0.2, 0.25) is 0 Å². The zero-order valence-electron chi connectivity index (χ0n) is 15.2. The van der Waals surface area contributed by atoms with E-state index in [1.807, 2.05) is 18.2 Å². The molecule has 0 aliphatic heterocycles. The lowest BCUT2D eigenvalue weighted by Gasteiger charge is -2.12. The highest BCUT2D eigenvalue weighted by molar-refractivity contribution is 9.11. The first kappa shape index (κ1) is 20.2. The highest BCUT2D eigenvalue weighted by atomic mass is 79.9. The normalized spacial score (nSPS) is 11.0. The first-order valence-electron chi connectivity index (χ1n) is 7.96. The maximum atomic E-state index is 10.1. The lowest BCUT2D eigenvalue weighted by atomic mass is 10.2. The van der Waals surface area contributed by atoms with Gasteiger partial charge in [0, 0.05) is 14.5 Å². The van der Waals surface area contributed by atoms with Crippen molar-refractivity contribution in [2.75, 3.05) is 21.3 Å². The topological polar surface area (TPSA) is 86.3 Å². The molecule has 0 aliphatic carbocycles. The third-order valence-electron chi connectivity index (χ3n) is 3.78. The highest BCUT2D eigenvalue weighted by Gasteiger charge is 2.19. The molecule has 0 bridgehead atoms. The highest BCUT2D eigenvalue weighted by Crippen LogP contribution is 2.41. The van der Waals surface area contributed by atoms with Gasteiger partial charge < -0.3 is 23.7 Å². The molecule has 3 rings (SSSR count). The number of aliphatic imine (C=N–C) groups is 1. The summed E-state index contributed by atoms with van der Waals surface area (Å²) >= 11 is 6.82. The van der Waals surface area contributed by atoms with E-state index in [0.29, 0.717) is 28.5 Å². The van der Waals surface area contributed by atoms with E-state index in [4.69, 9.17) is 18.6 Å². The van der Waals surface area contributed by atoms with Gasteiger partial charge in [-0.15, -0.1) is 0 Å². The van der Waals surface area contributed by atoms with Gasteiger partial charge in [-0.3, -0.25) is 4.99 Å². The maximum absolute atomic E-state index is 10.1. The second kappa shape index (κ2) is 8.66. The van der Waals surface area contributed by atoms with E-state index in [1.165, 1.54) is 27.5 Å². The summed E-state index contributed by atoms with van der Waals surface area (Å²) in [5.41, 5.74) is 1.42. The van der Waals surface area contributed by atoms with Gasteiger partial charge in [0.05, 0.1) is 33.2 Å². The molecule has 146 valence electrons. The van der Waals surface area contributed by atoms with Gasteiger partial charge in [0.2, 0.25) is 11.6 Å². The fourth-order valence-corrected chi connectivity index (χ4v) is 3.60. The van der Waals surface area contributed by atoms with Crippen LogP contribution in [0.5, 0.6) is 23.2 Å². The maximum Gasteiger partial charge on any atom is 0.312 e. The van der Waals surface area contributed by atoms with Crippen LogP contribution in [-0.2, 0) is 0 Å². The summed E-state index contributed by atoms with van der Waals surface area (Å²) in [6.07, 6.45) is 1.42. The van der Waals surface area contributed by atoms with Crippen molar-refractivity contribution in [1.29, 1.82) is 0 Å². The summed E-state index contributed by atoms with van der Waals surface area (Å²) in [6, 6.07) is 8.91. The van der Waals surface area contributed by atoms with E-state index in [1.54, 1.807) is 12.1 Å². The molecule has 0 radical (unpaired) electrons. The molecular weight excluding hydrogens is 496 g/mol. The fourth-order valence-electron chi connectivity index (χ4n) is 2.45. The minimum atomic E-state index is -0.347. The number of methoxy groups -OCH3 is 3. The summed E-state index contributed by atoms with van der Waals surface area (Å²) in [6.45, 7) is 0. The molecule has 1 heterocycles. The van der Waals surface area contributed by atoms with Crippen molar-refractivity contribution in [1.82, 2.24) is 4.98 Å². The molecule has 0 fully saturated rings. The van der Waals surface area contributed by atoms with Crippen LogP contribution in [0, 0.1) is 0 Å². The Hall–Kier alpha value is -2.52. The van der Waals surface area contributed by atoms with Crippen LogP contribution >= 0.6 is 31.9 Å². The van der Waals surface area contributed by atoms with Crippen LogP contribution in [-0.4, -0.2) is 37.6 Å². The summed E-state index contributed by atoms with van der Waals surface area (Å²) in [5, 5.41) is 10.1. The minimum Gasteiger partial charge on any atom is -0.493 e. The molecule has 7 nitrogen and oxygen atoms in total. The molecule has 0 spiro atoms. The number of hydrogen-bond donors (Lipinski definition) is 1. The monoisotopic (exact) mass is 510 g/mol. The van der Waals surface area contributed by atoms with Crippen molar-refractivity contribution in [2.24, 2.45) is 4.99 Å². The average molecular weight is 512 g/mol. The Morgan fingerprint density at radius 1 is 1.04 bits per heavy atom. The fraction of sp³-hybridized carbons (Fsp3) is 0.158. The van der Waals surface area contributed by atoms with Crippen molar-refractivity contribution in [3.05, 3.63) is 45.0 Å². The number of oxazole rings is 1. The van der Waals surface area contributed by atoms with E-state index in [9.17, 15) is 5.11 Å². The molecule has 0 amide bonds. The van der Waals surface area contributed by atoms with Crippen LogP contribution in [0.1, 0.15) is 5.69 Å². The van der Waals surface area contributed by atoms with Crippen LogP contribution in [0.25, 0.3) is 11.5 Å². The Labute approximate surface area is 178 Å². The smallest absolute Gasteiger partial charge is 0.312 e. The standard InChI is InChI=1S/C19H16Br2N2O5/c1-25-15-6-10(7-16(26-2)17(15)27-3)18-23-14(19(24)28-18)9-22-13-5-4-11(20)8-12(13)21/h4-9,24H,1-3H3. The van der Waals surface area contributed by atoms with E-state index < -0.39 is 0 Å². The van der Waals surface area contributed by atoms with Gasteiger partial charge in [0.15, 0.2) is 17.2 Å². The Bertz CT molecular complexity index is 1010. The SMILES string of the molecule is COc1cc(-c2nc(C=Nc3ccc(Br)cc3Br)c(O)o2)cc(OC)c1OC. The van der Waals surface area contributed by atoms with E-state index in [-0.39, 0.29) is 17.5 Å². The molecule has 0 unspecified atom stereocenters. The summed E-state index contributed by atoms with van der Waals surface area (Å²) in [4.78, 5) is 8.64. The number of hydrogen-bond acceptors (Lipinski definition) is 7. The van der Waals surface area contributed by atoms with Crippen LogP contribution in [0.4, 0.5) is 5.69 Å². The average Bonchev–Trinajstić information content (AvgIpc) is 3.06. The van der Waals surface area contributed by atoms with Gasteiger partial charge in [-0.2, -0.15) is 0 Å². The lowest BCUT2D eigenvalue weighted by molar-refractivity contribution is 0.323. The third-order valence-corrected chi connectivity index (χ3v) is 4.91. The Balaban J connectivity index is 1.97. The van der Waals surface area contributed by atoms with E-state index in [0.717, 1.165) is 8.95 Å². The number of aromatic nitrogens is 1. The molecule has 9 heteroatoms. The summed E-state index contributed by atoms with van der Waals surface area (Å²) < 4.78 is 23.1. The predicted molar refractivity (Wildman–Crippen MR) is 112 cm³/mol. The molecule has 0 saturated heterocycles. The molecule has 1 N–H and O–H groups in total. The van der Waals surface area contributed by atoms with Gasteiger partial charge in [-0.25, -0.2) is 4.98 Å². The van der Waals surface area contributed by atoms with Crippen LogP contribution < -0.4 is 14.2 Å². The number of benzene rings is 2. The molecule has 2 aromatic carbocycles. The zero-order valence-corrected chi connectivity index (χ0v) is 18.4. The Kier molecular flexibility index (Phi) is 6.25. The van der Waals surface area contributed by atoms with Crippen molar-refractivity contribution in [3.63, 3.8) is 0 Å². The van der Waals surface area contributed by atoms with Gasteiger partial charge in [0.25, 0.3) is 0 Å². The summed E-state index contributed by atoms with van der Waals surface area (Å²) in [7, 11) is 4.55. The Morgan fingerprint density at radius 2 is 1.71 bits per heavy atom. The van der Waals surface area contributed by atoms with Crippen LogP contribution in [0.15, 0.2) is 48.7 Å². The quantitative estimate of drug-likeness (QED) is 0.449. The van der Waals surface area contributed by atoms with Crippen molar-refractivity contribution >= 4 is 43.8 Å². The van der Waals surface area contributed by atoms with Gasteiger partial charge >= 0.3 is 5.95 Å². The number of aromatic hydroxyl groups is 1. The van der Waals surface area contributed by atoms with Gasteiger partial charge in [-0.05, 0) is 46.3 Å². The molecule has 28 heavy (non-hydrogen) atoms. The van der Waals surface area contributed by atoms with Crippen molar-refractivity contribution in [2.45, 2.75) is 0 Å².